The number of aromatic nitrogens is 1. The zero-order valence-electron chi connectivity index (χ0n) is 15.5. The average Bonchev–Trinajstić information content (AvgIpc) is 3.01. The third kappa shape index (κ3) is 3.46. The zero-order chi connectivity index (χ0) is 18.4. The van der Waals surface area contributed by atoms with E-state index in [4.69, 9.17) is 14.4 Å². The molecule has 7 nitrogen and oxygen atoms in total. The minimum Gasteiger partial charge on any atom is -0.465 e. The second kappa shape index (κ2) is 6.18. The first-order valence-electron chi connectivity index (χ1n) is 8.66. The summed E-state index contributed by atoms with van der Waals surface area (Å²) in [5.74, 6) is 0.854. The van der Waals surface area contributed by atoms with Crippen LogP contribution < -0.4 is 15.7 Å². The van der Waals surface area contributed by atoms with E-state index < -0.39 is 13.2 Å². The first-order valence-corrected chi connectivity index (χ1v) is 8.66. The molecule has 3 heterocycles. The fraction of sp³-hybridized carbons (Fsp3) is 0.647. The number of carbonyl (C=O) groups is 1. The topological polar surface area (TPSA) is 83.9 Å². The van der Waals surface area contributed by atoms with Gasteiger partial charge in [0.15, 0.2) is 0 Å². The van der Waals surface area contributed by atoms with Crippen molar-refractivity contribution in [2.75, 3.05) is 18.0 Å². The smallest absolute Gasteiger partial charge is 0.465 e. The lowest BCUT2D eigenvalue weighted by Gasteiger charge is -2.32. The van der Waals surface area contributed by atoms with Crippen LogP contribution in [0.4, 0.5) is 10.6 Å². The highest BCUT2D eigenvalue weighted by molar-refractivity contribution is 6.62. The number of hydrogen-bond acceptors (Lipinski definition) is 5. The monoisotopic (exact) mass is 347 g/mol. The van der Waals surface area contributed by atoms with Gasteiger partial charge in [-0.25, -0.2) is 9.78 Å². The molecule has 25 heavy (non-hydrogen) atoms. The van der Waals surface area contributed by atoms with Crippen molar-refractivity contribution in [3.63, 3.8) is 0 Å². The Labute approximate surface area is 148 Å². The Morgan fingerprint density at radius 1 is 1.36 bits per heavy atom. The van der Waals surface area contributed by atoms with Crippen molar-refractivity contribution in [1.82, 2.24) is 10.3 Å². The van der Waals surface area contributed by atoms with Crippen molar-refractivity contribution in [2.24, 2.45) is 0 Å². The summed E-state index contributed by atoms with van der Waals surface area (Å²) in [6, 6.07) is 1.96. The fourth-order valence-electron chi connectivity index (χ4n) is 3.20. The summed E-state index contributed by atoms with van der Waals surface area (Å²) >= 11 is 0. The first kappa shape index (κ1) is 18.0. The summed E-state index contributed by atoms with van der Waals surface area (Å²) in [5, 5.41) is 11.4. The summed E-state index contributed by atoms with van der Waals surface area (Å²) in [6.07, 6.45) is 1.61. The molecule has 0 radical (unpaired) electrons. The summed E-state index contributed by atoms with van der Waals surface area (Å²) in [4.78, 5) is 17.4. The summed E-state index contributed by atoms with van der Waals surface area (Å²) < 4.78 is 12.2. The third-order valence-electron chi connectivity index (χ3n) is 5.48. The van der Waals surface area contributed by atoms with Crippen LogP contribution in [0.5, 0.6) is 0 Å². The van der Waals surface area contributed by atoms with Gasteiger partial charge in [0.1, 0.15) is 5.82 Å². The number of nitrogens with one attached hydrogen (secondary N) is 1. The lowest BCUT2D eigenvalue weighted by atomic mass is 9.77. The van der Waals surface area contributed by atoms with E-state index in [-0.39, 0.29) is 17.2 Å². The van der Waals surface area contributed by atoms with Gasteiger partial charge in [0.05, 0.1) is 17.2 Å². The molecule has 0 aromatic carbocycles. The van der Waals surface area contributed by atoms with Crippen LogP contribution in [-0.4, -0.2) is 53.6 Å². The number of nitrogens with zero attached hydrogens (tertiary/aromatic N) is 2. The minimum atomic E-state index is -0.980. The van der Waals surface area contributed by atoms with Gasteiger partial charge in [0.2, 0.25) is 0 Å². The maximum absolute atomic E-state index is 10.8. The molecule has 1 atom stereocenters. The second-order valence-electron chi connectivity index (χ2n) is 7.87. The van der Waals surface area contributed by atoms with Crippen LogP contribution in [-0.2, 0) is 9.31 Å². The SMILES string of the molecule is Cc1cc(N2CC[C@H](NC(=O)O)C2)ncc1B1OC(C)(C)C(C)(C)O1. The van der Waals surface area contributed by atoms with Gasteiger partial charge in [-0.05, 0) is 52.7 Å². The quantitative estimate of drug-likeness (QED) is 0.807. The Kier molecular flexibility index (Phi) is 4.45. The molecule has 1 aromatic heterocycles. The van der Waals surface area contributed by atoms with Crippen molar-refractivity contribution >= 4 is 24.5 Å². The van der Waals surface area contributed by atoms with Crippen LogP contribution in [0.2, 0.25) is 0 Å². The van der Waals surface area contributed by atoms with Crippen molar-refractivity contribution < 1.29 is 19.2 Å². The maximum Gasteiger partial charge on any atom is 0.496 e. The molecule has 2 aliphatic rings. The summed E-state index contributed by atoms with van der Waals surface area (Å²) in [6.45, 7) is 11.6. The Morgan fingerprint density at radius 2 is 2.00 bits per heavy atom. The van der Waals surface area contributed by atoms with Gasteiger partial charge >= 0.3 is 13.2 Å². The molecule has 0 unspecified atom stereocenters. The molecule has 3 rings (SSSR count). The fourth-order valence-corrected chi connectivity index (χ4v) is 3.20. The maximum atomic E-state index is 10.8. The van der Waals surface area contributed by atoms with Gasteiger partial charge in [0, 0.05) is 24.7 Å². The van der Waals surface area contributed by atoms with Gasteiger partial charge in [-0.2, -0.15) is 0 Å². The lowest BCUT2D eigenvalue weighted by Crippen LogP contribution is -2.41. The first-order chi connectivity index (χ1) is 11.6. The Balaban J connectivity index is 1.73. The molecule has 0 saturated carbocycles. The molecular formula is C17H26BN3O4. The number of aryl methyl sites for hydroxylation is 1. The molecule has 2 saturated heterocycles. The molecular weight excluding hydrogens is 321 g/mol. The van der Waals surface area contributed by atoms with Crippen molar-refractivity contribution in [1.29, 1.82) is 0 Å². The Bertz CT molecular complexity index is 664. The molecule has 8 heteroatoms. The van der Waals surface area contributed by atoms with Crippen LogP contribution in [0.1, 0.15) is 39.7 Å². The number of rotatable bonds is 3. The molecule has 2 N–H and O–H groups in total. The zero-order valence-corrected chi connectivity index (χ0v) is 15.5. The molecule has 1 amide bonds. The van der Waals surface area contributed by atoms with E-state index in [1.807, 2.05) is 46.9 Å². The lowest BCUT2D eigenvalue weighted by molar-refractivity contribution is 0.00578. The number of carboxylic acid groups (broad SMARTS) is 1. The van der Waals surface area contributed by atoms with Crippen LogP contribution >= 0.6 is 0 Å². The van der Waals surface area contributed by atoms with Crippen LogP contribution in [0.15, 0.2) is 12.3 Å². The summed E-state index contributed by atoms with van der Waals surface area (Å²) in [5.41, 5.74) is 1.22. The molecule has 0 bridgehead atoms. The Hall–Kier alpha value is -1.80. The van der Waals surface area contributed by atoms with Crippen molar-refractivity contribution in [3.05, 3.63) is 17.8 Å². The summed E-state index contributed by atoms with van der Waals surface area (Å²) in [7, 11) is -0.424. The highest BCUT2D eigenvalue weighted by Crippen LogP contribution is 2.36. The number of amides is 1. The largest absolute Gasteiger partial charge is 0.496 e. The van der Waals surface area contributed by atoms with E-state index in [1.165, 1.54) is 0 Å². The third-order valence-corrected chi connectivity index (χ3v) is 5.48. The molecule has 136 valence electrons. The second-order valence-corrected chi connectivity index (χ2v) is 7.87. The van der Waals surface area contributed by atoms with E-state index >= 15 is 0 Å². The van der Waals surface area contributed by atoms with E-state index in [2.05, 4.69) is 15.2 Å². The number of pyridine rings is 1. The highest BCUT2D eigenvalue weighted by atomic mass is 16.7. The van der Waals surface area contributed by atoms with Crippen molar-refractivity contribution in [2.45, 2.75) is 58.3 Å². The van der Waals surface area contributed by atoms with Gasteiger partial charge in [-0.15, -0.1) is 0 Å². The highest BCUT2D eigenvalue weighted by Gasteiger charge is 2.52. The van der Waals surface area contributed by atoms with Crippen LogP contribution in [0.3, 0.4) is 0 Å². The minimum absolute atomic E-state index is 0.0534. The molecule has 2 aliphatic heterocycles. The van der Waals surface area contributed by atoms with E-state index in [1.54, 1.807) is 0 Å². The average molecular weight is 347 g/mol. The predicted octanol–water partition coefficient (Wildman–Crippen LogP) is 1.54. The van der Waals surface area contributed by atoms with Crippen LogP contribution in [0.25, 0.3) is 0 Å². The van der Waals surface area contributed by atoms with Gasteiger partial charge < -0.3 is 24.6 Å². The molecule has 1 aromatic rings. The molecule has 2 fully saturated rings. The normalized spacial score (nSPS) is 24.6. The van der Waals surface area contributed by atoms with E-state index in [0.717, 1.165) is 29.8 Å². The van der Waals surface area contributed by atoms with Crippen LogP contribution in [0, 0.1) is 6.92 Å². The Morgan fingerprint density at radius 3 is 2.56 bits per heavy atom. The predicted molar refractivity (Wildman–Crippen MR) is 96.5 cm³/mol. The van der Waals surface area contributed by atoms with E-state index in [0.29, 0.717) is 6.54 Å². The van der Waals surface area contributed by atoms with E-state index in [9.17, 15) is 4.79 Å². The van der Waals surface area contributed by atoms with Gasteiger partial charge in [-0.1, -0.05) is 0 Å². The standard InChI is InChI=1S/C17H26BN3O4/c1-11-8-14(21-7-6-12(10-21)20-15(22)23)19-9-13(11)18-24-16(2,3)17(4,5)25-18/h8-9,12,20H,6-7,10H2,1-5H3,(H,22,23)/t12-/m0/s1. The van der Waals surface area contributed by atoms with Gasteiger partial charge in [0.25, 0.3) is 0 Å². The molecule has 0 spiro atoms. The molecule has 0 aliphatic carbocycles. The van der Waals surface area contributed by atoms with Gasteiger partial charge in [-0.3, -0.25) is 0 Å². The van der Waals surface area contributed by atoms with Crippen molar-refractivity contribution in [3.8, 4) is 0 Å². The number of hydrogen-bond donors (Lipinski definition) is 2. The number of anilines is 1.